The Morgan fingerprint density at radius 2 is 2.13 bits per heavy atom. The van der Waals surface area contributed by atoms with Crippen molar-refractivity contribution >= 4 is 0 Å². The summed E-state index contributed by atoms with van der Waals surface area (Å²) in [6.07, 6.45) is 2.64. The summed E-state index contributed by atoms with van der Waals surface area (Å²) in [4.78, 5) is 0. The van der Waals surface area contributed by atoms with Crippen LogP contribution in [0.25, 0.3) is 0 Å². The van der Waals surface area contributed by atoms with Crippen molar-refractivity contribution in [2.75, 3.05) is 0 Å². The number of ether oxygens (including phenoxy) is 1. The molecule has 2 heteroatoms. The first-order valence-electron chi connectivity index (χ1n) is 5.41. The summed E-state index contributed by atoms with van der Waals surface area (Å²) in [5.41, 5.74) is 1.94. The normalized spacial score (nSPS) is 15.1. The molecule has 78 valence electrons. The fourth-order valence-electron chi connectivity index (χ4n) is 1.69. The van der Waals surface area contributed by atoms with Crippen molar-refractivity contribution in [3.8, 4) is 11.8 Å². The molecule has 1 saturated carbocycles. The zero-order chi connectivity index (χ0) is 10.8. The van der Waals surface area contributed by atoms with Crippen LogP contribution in [0.1, 0.15) is 43.7 Å². The number of benzene rings is 1. The van der Waals surface area contributed by atoms with Gasteiger partial charge in [-0.15, -0.1) is 0 Å². The first kappa shape index (κ1) is 10.0. The average Bonchev–Trinajstić information content (AvgIpc) is 3.01. The van der Waals surface area contributed by atoms with Crippen LogP contribution in [0.2, 0.25) is 0 Å². The van der Waals surface area contributed by atoms with Crippen LogP contribution in [0.4, 0.5) is 0 Å². The van der Waals surface area contributed by atoms with Crippen molar-refractivity contribution in [2.45, 2.75) is 38.7 Å². The number of hydrogen-bond acceptors (Lipinski definition) is 2. The third-order valence-corrected chi connectivity index (χ3v) is 2.52. The maximum atomic E-state index is 8.85. The Hall–Kier alpha value is -1.49. The lowest BCUT2D eigenvalue weighted by atomic mass is 10.1. The fourth-order valence-corrected chi connectivity index (χ4v) is 1.69. The van der Waals surface area contributed by atoms with E-state index in [0.717, 1.165) is 11.3 Å². The molecule has 0 aromatic heterocycles. The minimum atomic E-state index is 0.190. The Labute approximate surface area is 90.5 Å². The Kier molecular flexibility index (Phi) is 2.64. The van der Waals surface area contributed by atoms with E-state index in [9.17, 15) is 0 Å². The van der Waals surface area contributed by atoms with E-state index in [1.165, 1.54) is 18.4 Å². The van der Waals surface area contributed by atoms with Crippen LogP contribution in [0.3, 0.4) is 0 Å². The van der Waals surface area contributed by atoms with E-state index < -0.39 is 0 Å². The molecule has 0 N–H and O–H groups in total. The predicted molar refractivity (Wildman–Crippen MR) is 58.9 cm³/mol. The molecule has 1 aromatic rings. The van der Waals surface area contributed by atoms with Gasteiger partial charge in [0.05, 0.1) is 17.7 Å². The van der Waals surface area contributed by atoms with E-state index in [0.29, 0.717) is 5.92 Å². The molecule has 0 atom stereocenters. The zero-order valence-corrected chi connectivity index (χ0v) is 9.16. The molecule has 1 aliphatic carbocycles. The van der Waals surface area contributed by atoms with Crippen LogP contribution in [-0.2, 0) is 0 Å². The average molecular weight is 201 g/mol. The van der Waals surface area contributed by atoms with Crippen molar-refractivity contribution in [1.82, 2.24) is 0 Å². The molecule has 1 aromatic carbocycles. The summed E-state index contributed by atoms with van der Waals surface area (Å²) < 4.78 is 5.74. The highest BCUT2D eigenvalue weighted by Crippen LogP contribution is 2.44. The number of hydrogen-bond donors (Lipinski definition) is 0. The topological polar surface area (TPSA) is 33.0 Å². The number of rotatable bonds is 3. The molecule has 15 heavy (non-hydrogen) atoms. The largest absolute Gasteiger partial charge is 0.491 e. The third kappa shape index (κ3) is 2.30. The smallest absolute Gasteiger partial charge is 0.123 e. The lowest BCUT2D eigenvalue weighted by Gasteiger charge is -2.14. The van der Waals surface area contributed by atoms with Crippen LogP contribution >= 0.6 is 0 Å². The molecule has 0 unspecified atom stereocenters. The van der Waals surface area contributed by atoms with Crippen molar-refractivity contribution in [3.63, 3.8) is 0 Å². The van der Waals surface area contributed by atoms with E-state index in [1.54, 1.807) is 0 Å². The lowest BCUT2D eigenvalue weighted by molar-refractivity contribution is 0.240. The molecule has 0 spiro atoms. The molecule has 0 aliphatic heterocycles. The van der Waals surface area contributed by atoms with Crippen LogP contribution in [0.5, 0.6) is 5.75 Å². The van der Waals surface area contributed by atoms with Gasteiger partial charge < -0.3 is 4.74 Å². The Morgan fingerprint density at radius 3 is 2.67 bits per heavy atom. The lowest BCUT2D eigenvalue weighted by Crippen LogP contribution is -2.07. The third-order valence-electron chi connectivity index (χ3n) is 2.52. The van der Waals surface area contributed by atoms with Gasteiger partial charge in [0.15, 0.2) is 0 Å². The standard InChI is InChI=1S/C13H15NO/c1-9(2)15-13-6-3-10(8-14)7-12(13)11-4-5-11/h3,6-7,9,11H,4-5H2,1-2H3. The Balaban J connectivity index is 2.32. The Bertz CT molecular complexity index is 399. The van der Waals surface area contributed by atoms with Crippen molar-refractivity contribution in [2.24, 2.45) is 0 Å². The first-order valence-corrected chi connectivity index (χ1v) is 5.41. The highest BCUT2D eigenvalue weighted by molar-refractivity contribution is 5.45. The Morgan fingerprint density at radius 1 is 1.40 bits per heavy atom. The van der Waals surface area contributed by atoms with Crippen molar-refractivity contribution in [1.29, 1.82) is 5.26 Å². The summed E-state index contributed by atoms with van der Waals surface area (Å²) in [6.45, 7) is 4.05. The maximum Gasteiger partial charge on any atom is 0.123 e. The van der Waals surface area contributed by atoms with Crippen molar-refractivity contribution in [3.05, 3.63) is 29.3 Å². The van der Waals surface area contributed by atoms with Gasteiger partial charge in [0.1, 0.15) is 5.75 Å². The van der Waals surface area contributed by atoms with Crippen LogP contribution in [0.15, 0.2) is 18.2 Å². The summed E-state index contributed by atoms with van der Waals surface area (Å²) in [5, 5.41) is 8.85. The van der Waals surface area contributed by atoms with Crippen LogP contribution in [0, 0.1) is 11.3 Å². The van der Waals surface area contributed by atoms with Gasteiger partial charge in [0.2, 0.25) is 0 Å². The van der Waals surface area contributed by atoms with E-state index in [-0.39, 0.29) is 6.10 Å². The molecule has 2 nitrogen and oxygen atoms in total. The number of nitriles is 1. The van der Waals surface area contributed by atoms with Gasteiger partial charge in [-0.2, -0.15) is 5.26 Å². The molecule has 2 rings (SSSR count). The second-order valence-electron chi connectivity index (χ2n) is 4.31. The summed E-state index contributed by atoms with van der Waals surface area (Å²) >= 11 is 0. The molecule has 1 fully saturated rings. The molecule has 0 saturated heterocycles. The van der Waals surface area contributed by atoms with E-state index in [4.69, 9.17) is 10.00 Å². The minimum absolute atomic E-state index is 0.190. The fraction of sp³-hybridized carbons (Fsp3) is 0.462. The monoisotopic (exact) mass is 201 g/mol. The molecule has 0 bridgehead atoms. The molecule has 1 aliphatic rings. The van der Waals surface area contributed by atoms with Crippen LogP contribution < -0.4 is 4.74 Å². The summed E-state index contributed by atoms with van der Waals surface area (Å²) in [6, 6.07) is 7.89. The second-order valence-corrected chi connectivity index (χ2v) is 4.31. The van der Waals surface area contributed by atoms with Gasteiger partial charge in [-0.3, -0.25) is 0 Å². The highest BCUT2D eigenvalue weighted by atomic mass is 16.5. The van der Waals surface area contributed by atoms with Crippen molar-refractivity contribution < 1.29 is 4.74 Å². The molecule has 0 radical (unpaired) electrons. The van der Waals surface area contributed by atoms with Crippen LogP contribution in [-0.4, -0.2) is 6.10 Å². The highest BCUT2D eigenvalue weighted by Gasteiger charge is 2.27. The van der Waals surface area contributed by atoms with Gasteiger partial charge in [-0.25, -0.2) is 0 Å². The van der Waals surface area contributed by atoms with E-state index in [1.807, 2.05) is 32.0 Å². The van der Waals surface area contributed by atoms with Gasteiger partial charge in [-0.05, 0) is 56.4 Å². The molecular formula is C13H15NO. The zero-order valence-electron chi connectivity index (χ0n) is 9.16. The maximum absolute atomic E-state index is 8.85. The second kappa shape index (κ2) is 3.94. The van der Waals surface area contributed by atoms with Gasteiger partial charge in [0, 0.05) is 0 Å². The molecular weight excluding hydrogens is 186 g/mol. The summed E-state index contributed by atoms with van der Waals surface area (Å²) in [7, 11) is 0. The van der Waals surface area contributed by atoms with Gasteiger partial charge in [0.25, 0.3) is 0 Å². The quantitative estimate of drug-likeness (QED) is 0.752. The van der Waals surface area contributed by atoms with E-state index >= 15 is 0 Å². The SMILES string of the molecule is CC(C)Oc1ccc(C#N)cc1C1CC1. The predicted octanol–water partition coefficient (Wildman–Crippen LogP) is 3.22. The molecule has 0 amide bonds. The van der Waals surface area contributed by atoms with Gasteiger partial charge in [-0.1, -0.05) is 0 Å². The summed E-state index contributed by atoms with van der Waals surface area (Å²) in [5.74, 6) is 1.57. The minimum Gasteiger partial charge on any atom is -0.491 e. The van der Waals surface area contributed by atoms with E-state index in [2.05, 4.69) is 6.07 Å². The first-order chi connectivity index (χ1) is 7.20. The molecule has 0 heterocycles. The van der Waals surface area contributed by atoms with Gasteiger partial charge >= 0.3 is 0 Å². The number of nitrogens with zero attached hydrogens (tertiary/aromatic N) is 1.